The molecule has 90 valence electrons. The molecule has 0 unspecified atom stereocenters. The fourth-order valence-electron chi connectivity index (χ4n) is 1.81. The molecule has 0 radical (unpaired) electrons. The first-order valence-electron chi connectivity index (χ1n) is 5.20. The van der Waals surface area contributed by atoms with Crippen LogP contribution in [0.1, 0.15) is 0 Å². The van der Waals surface area contributed by atoms with Gasteiger partial charge >= 0.3 is 0 Å². The lowest BCUT2D eigenvalue weighted by Gasteiger charge is -1.99. The molecule has 0 saturated carbocycles. The first-order chi connectivity index (χ1) is 8.68. The average Bonchev–Trinajstić information content (AvgIpc) is 2.79. The Hall–Kier alpha value is -1.88. The SMILES string of the molecule is Oc1ccc2c(-c3ccccc3F)noc2c1Br. The third-order valence-corrected chi connectivity index (χ3v) is 3.46. The number of phenols is 1. The van der Waals surface area contributed by atoms with Gasteiger partial charge in [-0.2, -0.15) is 0 Å². The molecule has 18 heavy (non-hydrogen) atoms. The van der Waals surface area contributed by atoms with Gasteiger partial charge in [-0.3, -0.25) is 0 Å². The lowest BCUT2D eigenvalue weighted by atomic mass is 10.1. The molecule has 0 spiro atoms. The minimum absolute atomic E-state index is 0.0544. The molecule has 0 aliphatic heterocycles. The molecule has 0 amide bonds. The molecule has 1 N–H and O–H groups in total. The number of rotatable bonds is 1. The normalized spacial score (nSPS) is 11.0. The van der Waals surface area contributed by atoms with Crippen molar-refractivity contribution < 1.29 is 14.0 Å². The fraction of sp³-hybridized carbons (Fsp3) is 0. The monoisotopic (exact) mass is 307 g/mol. The Kier molecular flexibility index (Phi) is 2.56. The topological polar surface area (TPSA) is 46.3 Å². The van der Waals surface area contributed by atoms with Gasteiger partial charge in [-0.05, 0) is 40.2 Å². The minimum Gasteiger partial charge on any atom is -0.507 e. The maximum atomic E-state index is 13.7. The molecule has 0 aliphatic carbocycles. The van der Waals surface area contributed by atoms with Gasteiger partial charge in [-0.15, -0.1) is 0 Å². The van der Waals surface area contributed by atoms with Crippen LogP contribution in [-0.4, -0.2) is 10.3 Å². The highest BCUT2D eigenvalue weighted by atomic mass is 79.9. The van der Waals surface area contributed by atoms with Gasteiger partial charge in [0.05, 0.1) is 5.39 Å². The number of nitrogens with zero attached hydrogens (tertiary/aromatic N) is 1. The van der Waals surface area contributed by atoms with E-state index >= 15 is 0 Å². The van der Waals surface area contributed by atoms with E-state index in [1.165, 1.54) is 12.1 Å². The van der Waals surface area contributed by atoms with Crippen LogP contribution in [-0.2, 0) is 0 Å². The zero-order chi connectivity index (χ0) is 12.7. The summed E-state index contributed by atoms with van der Waals surface area (Å²) in [7, 11) is 0. The standard InChI is InChI=1S/C13H7BrFNO2/c14-11-10(17)6-5-8-12(16-18-13(8)11)7-3-1-2-4-9(7)15/h1-6,17H. The van der Waals surface area contributed by atoms with Crippen LogP contribution in [0.4, 0.5) is 4.39 Å². The summed E-state index contributed by atoms with van der Waals surface area (Å²) in [6.45, 7) is 0. The number of phenolic OH excluding ortho intramolecular Hbond substituents is 1. The molecule has 3 aromatic rings. The van der Waals surface area contributed by atoms with Crippen LogP contribution in [0.25, 0.3) is 22.2 Å². The molecular weight excluding hydrogens is 301 g/mol. The quantitative estimate of drug-likeness (QED) is 0.736. The lowest BCUT2D eigenvalue weighted by Crippen LogP contribution is -1.83. The molecule has 0 aliphatic rings. The molecule has 0 saturated heterocycles. The van der Waals surface area contributed by atoms with Crippen LogP contribution in [0, 0.1) is 5.82 Å². The van der Waals surface area contributed by atoms with Crippen molar-refractivity contribution in [2.24, 2.45) is 0 Å². The van der Waals surface area contributed by atoms with Crippen LogP contribution < -0.4 is 0 Å². The van der Waals surface area contributed by atoms with Crippen molar-refractivity contribution in [3.8, 4) is 17.0 Å². The molecule has 5 heteroatoms. The molecule has 0 bridgehead atoms. The Balaban J connectivity index is 2.32. The summed E-state index contributed by atoms with van der Waals surface area (Å²) in [4.78, 5) is 0. The predicted octanol–water partition coefficient (Wildman–Crippen LogP) is 4.10. The van der Waals surface area contributed by atoms with Gasteiger partial charge in [0, 0.05) is 5.56 Å². The Morgan fingerprint density at radius 1 is 1.17 bits per heavy atom. The van der Waals surface area contributed by atoms with Crippen molar-refractivity contribution in [3.05, 3.63) is 46.7 Å². The van der Waals surface area contributed by atoms with Crippen molar-refractivity contribution in [1.82, 2.24) is 5.16 Å². The summed E-state index contributed by atoms with van der Waals surface area (Å²) in [5, 5.41) is 14.1. The zero-order valence-electron chi connectivity index (χ0n) is 9.02. The summed E-state index contributed by atoms with van der Waals surface area (Å²) >= 11 is 3.21. The number of halogens is 2. The van der Waals surface area contributed by atoms with Crippen molar-refractivity contribution >= 4 is 26.9 Å². The number of aromatic hydroxyl groups is 1. The number of fused-ring (bicyclic) bond motifs is 1. The average molecular weight is 308 g/mol. The van der Waals surface area contributed by atoms with E-state index in [1.807, 2.05) is 0 Å². The second-order valence-electron chi connectivity index (χ2n) is 3.79. The van der Waals surface area contributed by atoms with Crippen molar-refractivity contribution in [3.63, 3.8) is 0 Å². The third-order valence-electron chi connectivity index (χ3n) is 2.69. The zero-order valence-corrected chi connectivity index (χ0v) is 10.6. The molecular formula is C13H7BrFNO2. The van der Waals surface area contributed by atoms with Gasteiger partial charge in [0.1, 0.15) is 21.7 Å². The van der Waals surface area contributed by atoms with E-state index in [0.717, 1.165) is 0 Å². The highest BCUT2D eigenvalue weighted by Crippen LogP contribution is 2.37. The number of aromatic nitrogens is 1. The van der Waals surface area contributed by atoms with E-state index in [0.29, 0.717) is 26.7 Å². The summed E-state index contributed by atoms with van der Waals surface area (Å²) in [6, 6.07) is 9.50. The van der Waals surface area contributed by atoms with Crippen LogP contribution >= 0.6 is 15.9 Å². The fourth-order valence-corrected chi connectivity index (χ4v) is 2.23. The second-order valence-corrected chi connectivity index (χ2v) is 4.58. The highest BCUT2D eigenvalue weighted by Gasteiger charge is 2.17. The maximum Gasteiger partial charge on any atom is 0.185 e. The molecule has 3 nitrogen and oxygen atoms in total. The van der Waals surface area contributed by atoms with Gasteiger partial charge < -0.3 is 9.63 Å². The van der Waals surface area contributed by atoms with Crippen LogP contribution in [0.15, 0.2) is 45.4 Å². The number of benzene rings is 2. The van der Waals surface area contributed by atoms with Gasteiger partial charge in [0.25, 0.3) is 0 Å². The van der Waals surface area contributed by atoms with Crippen LogP contribution in [0.3, 0.4) is 0 Å². The second kappa shape index (κ2) is 4.10. The summed E-state index contributed by atoms with van der Waals surface area (Å²) < 4.78 is 19.3. The van der Waals surface area contributed by atoms with E-state index < -0.39 is 0 Å². The van der Waals surface area contributed by atoms with Crippen LogP contribution in [0.2, 0.25) is 0 Å². The van der Waals surface area contributed by atoms with E-state index in [2.05, 4.69) is 21.1 Å². The Morgan fingerprint density at radius 2 is 1.94 bits per heavy atom. The number of hydrogen-bond donors (Lipinski definition) is 1. The van der Waals surface area contributed by atoms with Crippen molar-refractivity contribution in [2.75, 3.05) is 0 Å². The van der Waals surface area contributed by atoms with Gasteiger partial charge in [-0.1, -0.05) is 17.3 Å². The molecule has 2 aromatic carbocycles. The van der Waals surface area contributed by atoms with E-state index in [1.54, 1.807) is 24.3 Å². The molecule has 1 heterocycles. The van der Waals surface area contributed by atoms with Crippen molar-refractivity contribution in [1.29, 1.82) is 0 Å². The maximum absolute atomic E-state index is 13.7. The van der Waals surface area contributed by atoms with Crippen LogP contribution in [0.5, 0.6) is 5.75 Å². The Morgan fingerprint density at radius 3 is 2.72 bits per heavy atom. The summed E-state index contributed by atoms with van der Waals surface area (Å²) in [6.07, 6.45) is 0. The third kappa shape index (κ3) is 1.59. The first kappa shape index (κ1) is 11.2. The first-order valence-corrected chi connectivity index (χ1v) is 5.99. The van der Waals surface area contributed by atoms with E-state index in [-0.39, 0.29) is 11.6 Å². The summed E-state index contributed by atoms with van der Waals surface area (Å²) in [5.74, 6) is -0.310. The predicted molar refractivity (Wildman–Crippen MR) is 68.8 cm³/mol. The number of hydrogen-bond acceptors (Lipinski definition) is 3. The largest absolute Gasteiger partial charge is 0.507 e. The molecule has 3 rings (SSSR count). The van der Waals surface area contributed by atoms with Crippen molar-refractivity contribution in [2.45, 2.75) is 0 Å². The molecule has 0 atom stereocenters. The van der Waals surface area contributed by atoms with Gasteiger partial charge in [0.15, 0.2) is 5.58 Å². The minimum atomic E-state index is -0.364. The lowest BCUT2D eigenvalue weighted by molar-refractivity contribution is 0.447. The van der Waals surface area contributed by atoms with E-state index in [9.17, 15) is 9.50 Å². The molecule has 1 aromatic heterocycles. The highest BCUT2D eigenvalue weighted by molar-refractivity contribution is 9.10. The summed E-state index contributed by atoms with van der Waals surface area (Å²) in [5.41, 5.74) is 1.19. The Bertz CT molecular complexity index is 739. The Labute approximate surface area is 110 Å². The van der Waals surface area contributed by atoms with E-state index in [4.69, 9.17) is 4.52 Å². The smallest absolute Gasteiger partial charge is 0.185 e. The van der Waals surface area contributed by atoms with Gasteiger partial charge in [-0.25, -0.2) is 4.39 Å². The molecule has 0 fully saturated rings. The van der Waals surface area contributed by atoms with Gasteiger partial charge in [0.2, 0.25) is 0 Å².